The summed E-state index contributed by atoms with van der Waals surface area (Å²) in [5, 5.41) is 2.75. The van der Waals surface area contributed by atoms with Gasteiger partial charge in [0, 0.05) is 24.3 Å². The number of methoxy groups -OCH3 is 1. The van der Waals surface area contributed by atoms with Gasteiger partial charge < -0.3 is 19.7 Å². The molecule has 1 aliphatic rings. The molecule has 1 atom stereocenters. The maximum Gasteiger partial charge on any atom is 0.262 e. The SMILES string of the molecule is CCOc1ccc(N2C[C@H](C(=O)Nc3cccc(S(=O)(=O)Nc4ccccc4OC)c3)CC2=O)cc1. The van der Waals surface area contributed by atoms with Crippen molar-refractivity contribution in [1.29, 1.82) is 0 Å². The lowest BCUT2D eigenvalue weighted by atomic mass is 10.1. The molecule has 0 bridgehead atoms. The molecule has 3 aromatic rings. The summed E-state index contributed by atoms with van der Waals surface area (Å²) in [5.74, 6) is 0.00226. The van der Waals surface area contributed by atoms with E-state index in [1.54, 1.807) is 65.6 Å². The van der Waals surface area contributed by atoms with Gasteiger partial charge >= 0.3 is 0 Å². The van der Waals surface area contributed by atoms with Crippen molar-refractivity contribution in [3.63, 3.8) is 0 Å². The van der Waals surface area contributed by atoms with Crippen LogP contribution in [0.5, 0.6) is 11.5 Å². The third-order valence-corrected chi connectivity index (χ3v) is 7.08. The van der Waals surface area contributed by atoms with E-state index in [2.05, 4.69) is 10.0 Å². The zero-order chi connectivity index (χ0) is 25.7. The molecule has 188 valence electrons. The third-order valence-electron chi connectivity index (χ3n) is 5.72. The summed E-state index contributed by atoms with van der Waals surface area (Å²) in [6, 6.07) is 19.7. The van der Waals surface area contributed by atoms with E-state index in [-0.39, 0.29) is 29.7 Å². The first-order chi connectivity index (χ1) is 17.3. The smallest absolute Gasteiger partial charge is 0.262 e. The molecular weight excluding hydrogens is 482 g/mol. The Kier molecular flexibility index (Phi) is 7.44. The van der Waals surface area contributed by atoms with Crippen molar-refractivity contribution in [2.75, 3.05) is 35.2 Å². The number of nitrogens with zero attached hydrogens (tertiary/aromatic N) is 1. The Labute approximate surface area is 210 Å². The molecule has 1 saturated heterocycles. The topological polar surface area (TPSA) is 114 Å². The average Bonchev–Trinajstić information content (AvgIpc) is 3.27. The van der Waals surface area contributed by atoms with Gasteiger partial charge in [-0.2, -0.15) is 0 Å². The first-order valence-corrected chi connectivity index (χ1v) is 12.9. The Morgan fingerprint density at radius 1 is 1.06 bits per heavy atom. The summed E-state index contributed by atoms with van der Waals surface area (Å²) in [6.07, 6.45) is 0.0619. The number of carbonyl (C=O) groups excluding carboxylic acids is 2. The lowest BCUT2D eigenvalue weighted by Crippen LogP contribution is -2.28. The largest absolute Gasteiger partial charge is 0.495 e. The van der Waals surface area contributed by atoms with Crippen LogP contribution in [0.1, 0.15) is 13.3 Å². The molecule has 0 spiro atoms. The molecule has 36 heavy (non-hydrogen) atoms. The normalized spacial score (nSPS) is 15.4. The van der Waals surface area contributed by atoms with E-state index in [1.807, 2.05) is 6.92 Å². The van der Waals surface area contributed by atoms with E-state index < -0.39 is 15.9 Å². The van der Waals surface area contributed by atoms with Crippen LogP contribution in [-0.2, 0) is 19.6 Å². The fourth-order valence-corrected chi connectivity index (χ4v) is 5.06. The van der Waals surface area contributed by atoms with Crippen LogP contribution in [0, 0.1) is 5.92 Å². The highest BCUT2D eigenvalue weighted by Gasteiger charge is 2.35. The Balaban J connectivity index is 1.44. The van der Waals surface area contributed by atoms with E-state index >= 15 is 0 Å². The van der Waals surface area contributed by atoms with Crippen LogP contribution in [-0.4, -0.2) is 40.5 Å². The molecule has 2 N–H and O–H groups in total. The van der Waals surface area contributed by atoms with Crippen LogP contribution in [0.4, 0.5) is 17.1 Å². The molecule has 2 amide bonds. The fraction of sp³-hybridized carbons (Fsp3) is 0.231. The van der Waals surface area contributed by atoms with Crippen LogP contribution in [0.25, 0.3) is 0 Å². The highest BCUT2D eigenvalue weighted by Crippen LogP contribution is 2.29. The molecule has 0 aliphatic carbocycles. The molecule has 3 aromatic carbocycles. The number of sulfonamides is 1. The van der Waals surface area contributed by atoms with Gasteiger partial charge in [-0.1, -0.05) is 18.2 Å². The van der Waals surface area contributed by atoms with Crippen molar-refractivity contribution in [2.24, 2.45) is 5.92 Å². The Hall–Kier alpha value is -4.05. The molecular formula is C26H27N3O6S. The van der Waals surface area contributed by atoms with E-state index in [1.165, 1.54) is 19.2 Å². The van der Waals surface area contributed by atoms with E-state index in [0.717, 1.165) is 0 Å². The van der Waals surface area contributed by atoms with Crippen molar-refractivity contribution in [2.45, 2.75) is 18.2 Å². The molecule has 9 nitrogen and oxygen atoms in total. The van der Waals surface area contributed by atoms with Crippen molar-refractivity contribution < 1.29 is 27.5 Å². The second kappa shape index (κ2) is 10.7. The number of nitrogens with one attached hydrogen (secondary N) is 2. The van der Waals surface area contributed by atoms with Crippen LogP contribution < -0.4 is 24.4 Å². The van der Waals surface area contributed by atoms with Crippen LogP contribution in [0.2, 0.25) is 0 Å². The fourth-order valence-electron chi connectivity index (χ4n) is 3.94. The zero-order valence-electron chi connectivity index (χ0n) is 19.9. The maximum atomic E-state index is 12.9. The second-order valence-electron chi connectivity index (χ2n) is 8.16. The van der Waals surface area contributed by atoms with Gasteiger partial charge in [-0.15, -0.1) is 0 Å². The summed E-state index contributed by atoms with van der Waals surface area (Å²) < 4.78 is 39.0. The quantitative estimate of drug-likeness (QED) is 0.452. The van der Waals surface area contributed by atoms with Crippen molar-refractivity contribution >= 4 is 38.9 Å². The predicted molar refractivity (Wildman–Crippen MR) is 137 cm³/mol. The van der Waals surface area contributed by atoms with Gasteiger partial charge in [0.1, 0.15) is 11.5 Å². The second-order valence-corrected chi connectivity index (χ2v) is 9.84. The molecule has 10 heteroatoms. The summed E-state index contributed by atoms with van der Waals surface area (Å²) in [6.45, 7) is 2.67. The number of benzene rings is 3. The van der Waals surface area contributed by atoms with Gasteiger partial charge in [0.2, 0.25) is 11.8 Å². The van der Waals surface area contributed by atoms with Crippen molar-refractivity contribution in [3.8, 4) is 11.5 Å². The number of carbonyl (C=O) groups is 2. The highest BCUT2D eigenvalue weighted by molar-refractivity contribution is 7.92. The summed E-state index contributed by atoms with van der Waals surface area (Å²) >= 11 is 0. The van der Waals surface area contributed by atoms with Crippen molar-refractivity contribution in [3.05, 3.63) is 72.8 Å². The van der Waals surface area contributed by atoms with Gasteiger partial charge in [0.25, 0.3) is 10.0 Å². The van der Waals surface area contributed by atoms with Gasteiger partial charge in [-0.05, 0) is 61.5 Å². The minimum absolute atomic E-state index is 0.0234. The Bertz CT molecular complexity index is 1360. The van der Waals surface area contributed by atoms with E-state index in [4.69, 9.17) is 9.47 Å². The molecule has 0 saturated carbocycles. The minimum atomic E-state index is -3.94. The number of hydrogen-bond donors (Lipinski definition) is 2. The highest BCUT2D eigenvalue weighted by atomic mass is 32.2. The van der Waals surface area contributed by atoms with Gasteiger partial charge in [-0.25, -0.2) is 8.42 Å². The van der Waals surface area contributed by atoms with Crippen LogP contribution >= 0.6 is 0 Å². The van der Waals surface area contributed by atoms with Crippen LogP contribution in [0.3, 0.4) is 0 Å². The minimum Gasteiger partial charge on any atom is -0.495 e. The van der Waals surface area contributed by atoms with Gasteiger partial charge in [-0.3, -0.25) is 14.3 Å². The lowest BCUT2D eigenvalue weighted by molar-refractivity contribution is -0.122. The Morgan fingerprint density at radius 3 is 2.53 bits per heavy atom. The monoisotopic (exact) mass is 509 g/mol. The number of ether oxygens (including phenoxy) is 2. The Morgan fingerprint density at radius 2 is 1.81 bits per heavy atom. The zero-order valence-corrected chi connectivity index (χ0v) is 20.7. The molecule has 0 radical (unpaired) electrons. The molecule has 0 unspecified atom stereocenters. The summed E-state index contributed by atoms with van der Waals surface area (Å²) in [7, 11) is -2.49. The van der Waals surface area contributed by atoms with E-state index in [9.17, 15) is 18.0 Å². The average molecular weight is 510 g/mol. The first-order valence-electron chi connectivity index (χ1n) is 11.4. The number of hydrogen-bond acceptors (Lipinski definition) is 6. The molecule has 4 rings (SSSR count). The standard InChI is InChI=1S/C26H27N3O6S/c1-3-35-21-13-11-20(12-14-21)29-17-18(15-25(29)30)26(31)27-19-7-6-8-22(16-19)36(32,33)28-23-9-4-5-10-24(23)34-2/h4-14,16,18,28H,3,15,17H2,1-2H3,(H,27,31)/t18-/m1/s1. The first kappa shape index (κ1) is 25.1. The van der Waals surface area contributed by atoms with Crippen LogP contribution in [0.15, 0.2) is 77.7 Å². The number of amides is 2. The number of para-hydroxylation sites is 2. The predicted octanol–water partition coefficient (Wildman–Crippen LogP) is 3.89. The summed E-state index contributed by atoms with van der Waals surface area (Å²) in [4.78, 5) is 27.0. The molecule has 1 aliphatic heterocycles. The van der Waals surface area contributed by atoms with Crippen molar-refractivity contribution in [1.82, 2.24) is 0 Å². The molecule has 1 fully saturated rings. The maximum absolute atomic E-state index is 12.9. The summed E-state index contributed by atoms with van der Waals surface area (Å²) in [5.41, 5.74) is 1.30. The van der Waals surface area contributed by atoms with E-state index in [0.29, 0.717) is 35.2 Å². The number of anilines is 3. The number of rotatable bonds is 9. The molecule has 1 heterocycles. The van der Waals surface area contributed by atoms with Gasteiger partial charge in [0.15, 0.2) is 0 Å². The lowest BCUT2D eigenvalue weighted by Gasteiger charge is -2.17. The molecule has 0 aromatic heterocycles. The van der Waals surface area contributed by atoms with Gasteiger partial charge in [0.05, 0.1) is 30.2 Å². The third kappa shape index (κ3) is 5.60.